The van der Waals surface area contributed by atoms with E-state index in [1.807, 2.05) is 0 Å². The zero-order chi connectivity index (χ0) is 17.0. The molecule has 7 atom stereocenters. The van der Waals surface area contributed by atoms with Crippen LogP contribution in [0.3, 0.4) is 0 Å². The number of fused-ring (bicyclic) bond motifs is 4. The summed E-state index contributed by atoms with van der Waals surface area (Å²) < 4.78 is 11.7. The van der Waals surface area contributed by atoms with Crippen molar-refractivity contribution in [3.05, 3.63) is 29.3 Å². The Labute approximate surface area is 151 Å². The second-order valence-corrected chi connectivity index (χ2v) is 9.78. The van der Waals surface area contributed by atoms with Crippen molar-refractivity contribution in [3.63, 3.8) is 0 Å². The molecule has 1 heterocycles. The van der Waals surface area contributed by atoms with Gasteiger partial charge in [0, 0.05) is 5.41 Å². The van der Waals surface area contributed by atoms with Crippen LogP contribution in [0.15, 0.2) is 18.2 Å². The van der Waals surface area contributed by atoms with Gasteiger partial charge in [-0.05, 0) is 90.9 Å². The van der Waals surface area contributed by atoms with Crippen molar-refractivity contribution in [1.82, 2.24) is 0 Å². The van der Waals surface area contributed by atoms with E-state index in [0.717, 1.165) is 36.0 Å². The van der Waals surface area contributed by atoms with Gasteiger partial charge in [-0.15, -0.1) is 0 Å². The molecule has 4 fully saturated rings. The van der Waals surface area contributed by atoms with Crippen LogP contribution in [0.4, 0.5) is 0 Å². The predicted octanol–water partition coefficient (Wildman–Crippen LogP) is 4.96. The fraction of sp³-hybridized carbons (Fsp3) is 0.739. The largest absolute Gasteiger partial charge is 0.497 e. The molecule has 0 aromatic heterocycles. The van der Waals surface area contributed by atoms with Crippen molar-refractivity contribution in [3.8, 4) is 5.75 Å². The second-order valence-electron chi connectivity index (χ2n) is 9.78. The van der Waals surface area contributed by atoms with Crippen LogP contribution >= 0.6 is 0 Å². The summed E-state index contributed by atoms with van der Waals surface area (Å²) >= 11 is 0. The van der Waals surface area contributed by atoms with Gasteiger partial charge in [0.15, 0.2) is 0 Å². The standard InChI is InChI=1S/C23H30O2/c1-4-21-8-7-19-18-6-5-17(24-3)10-15(18)9-14(2)20(19)23(21)12-16(23)11-22(21)13-25-22/h5-6,10,14,16,19-20H,4,7-9,11-13H2,1-3H3/t14-,16-,19-,20-,21?,22-,23-/m1/s1. The summed E-state index contributed by atoms with van der Waals surface area (Å²) in [4.78, 5) is 0. The molecule has 5 aliphatic rings. The SMILES string of the molecule is CCC12CC[C@@H]3c4ccc(OC)cc4C[C@@H](C)[C@H]3[C@]13C[C@H]3C[C@@]21CO1. The molecule has 1 aliphatic heterocycles. The van der Waals surface area contributed by atoms with E-state index in [9.17, 15) is 0 Å². The summed E-state index contributed by atoms with van der Waals surface area (Å²) in [6, 6.07) is 6.89. The van der Waals surface area contributed by atoms with E-state index in [-0.39, 0.29) is 5.60 Å². The number of rotatable bonds is 2. The number of benzene rings is 1. The lowest BCUT2D eigenvalue weighted by atomic mass is 9.47. The van der Waals surface area contributed by atoms with Crippen LogP contribution < -0.4 is 4.74 Å². The van der Waals surface area contributed by atoms with Gasteiger partial charge in [0.2, 0.25) is 0 Å². The maximum Gasteiger partial charge on any atom is 0.119 e. The molecule has 6 rings (SSSR count). The van der Waals surface area contributed by atoms with E-state index in [1.54, 1.807) is 18.2 Å². The maximum absolute atomic E-state index is 6.21. The molecule has 3 saturated carbocycles. The highest BCUT2D eigenvalue weighted by Crippen LogP contribution is 2.87. The Morgan fingerprint density at radius 1 is 1.28 bits per heavy atom. The molecule has 0 bridgehead atoms. The number of methoxy groups -OCH3 is 1. The van der Waals surface area contributed by atoms with Crippen molar-refractivity contribution in [1.29, 1.82) is 0 Å². The average Bonchev–Trinajstić information content (AvgIpc) is 3.53. The molecule has 1 saturated heterocycles. The Bertz CT molecular complexity index is 750. The van der Waals surface area contributed by atoms with Crippen molar-refractivity contribution >= 4 is 0 Å². The van der Waals surface area contributed by atoms with Gasteiger partial charge >= 0.3 is 0 Å². The smallest absolute Gasteiger partial charge is 0.119 e. The van der Waals surface area contributed by atoms with Crippen LogP contribution in [0.25, 0.3) is 0 Å². The molecule has 2 heteroatoms. The number of epoxide rings is 1. The average molecular weight is 338 g/mol. The van der Waals surface area contributed by atoms with E-state index < -0.39 is 0 Å². The monoisotopic (exact) mass is 338 g/mol. The van der Waals surface area contributed by atoms with E-state index in [0.29, 0.717) is 10.8 Å². The minimum Gasteiger partial charge on any atom is -0.497 e. The zero-order valence-electron chi connectivity index (χ0n) is 15.8. The molecule has 25 heavy (non-hydrogen) atoms. The maximum atomic E-state index is 6.21. The van der Waals surface area contributed by atoms with Gasteiger partial charge in [0.05, 0.1) is 19.3 Å². The first-order chi connectivity index (χ1) is 12.1. The number of ether oxygens (including phenoxy) is 2. The van der Waals surface area contributed by atoms with Crippen LogP contribution in [-0.4, -0.2) is 19.3 Å². The van der Waals surface area contributed by atoms with Crippen LogP contribution in [0.1, 0.15) is 63.0 Å². The molecular weight excluding hydrogens is 308 g/mol. The zero-order valence-corrected chi connectivity index (χ0v) is 15.8. The fourth-order valence-electron chi connectivity index (χ4n) is 8.62. The Hall–Kier alpha value is -1.02. The Balaban J connectivity index is 1.47. The van der Waals surface area contributed by atoms with Gasteiger partial charge < -0.3 is 9.47 Å². The first-order valence-corrected chi connectivity index (χ1v) is 10.4. The molecule has 0 N–H and O–H groups in total. The van der Waals surface area contributed by atoms with Crippen LogP contribution in [-0.2, 0) is 11.2 Å². The van der Waals surface area contributed by atoms with Crippen molar-refractivity contribution in [2.24, 2.45) is 28.6 Å². The summed E-state index contributed by atoms with van der Waals surface area (Å²) in [5.41, 5.74) is 4.57. The third kappa shape index (κ3) is 1.51. The summed E-state index contributed by atoms with van der Waals surface area (Å²) in [6.45, 7) is 6.05. The summed E-state index contributed by atoms with van der Waals surface area (Å²) in [6.07, 6.45) is 8.17. The minimum atomic E-state index is 0.287. The van der Waals surface area contributed by atoms with E-state index >= 15 is 0 Å². The van der Waals surface area contributed by atoms with Gasteiger partial charge in [0.25, 0.3) is 0 Å². The van der Waals surface area contributed by atoms with Crippen LogP contribution in [0.5, 0.6) is 5.75 Å². The molecule has 0 amide bonds. The Kier molecular flexibility index (Phi) is 2.68. The molecule has 1 aromatic rings. The second kappa shape index (κ2) is 4.44. The van der Waals surface area contributed by atoms with Crippen LogP contribution in [0, 0.1) is 28.6 Å². The van der Waals surface area contributed by atoms with Gasteiger partial charge in [-0.1, -0.05) is 19.9 Å². The third-order valence-electron chi connectivity index (χ3n) is 9.40. The van der Waals surface area contributed by atoms with Gasteiger partial charge in [-0.3, -0.25) is 0 Å². The topological polar surface area (TPSA) is 21.8 Å². The first-order valence-electron chi connectivity index (χ1n) is 10.4. The summed E-state index contributed by atoms with van der Waals surface area (Å²) in [5, 5.41) is 0. The molecular formula is C23H30O2. The van der Waals surface area contributed by atoms with E-state index in [4.69, 9.17) is 9.47 Å². The first kappa shape index (κ1) is 15.1. The normalized spacial score (nSPS) is 51.3. The van der Waals surface area contributed by atoms with Crippen molar-refractivity contribution < 1.29 is 9.47 Å². The molecule has 4 aliphatic carbocycles. The molecule has 1 unspecified atom stereocenters. The fourth-order valence-corrected chi connectivity index (χ4v) is 8.62. The van der Waals surface area contributed by atoms with Crippen molar-refractivity contribution in [2.75, 3.05) is 13.7 Å². The minimum absolute atomic E-state index is 0.287. The van der Waals surface area contributed by atoms with Gasteiger partial charge in [-0.25, -0.2) is 0 Å². The molecule has 1 aromatic carbocycles. The number of hydrogen-bond donors (Lipinski definition) is 0. The highest BCUT2D eigenvalue weighted by atomic mass is 16.6. The molecule has 0 radical (unpaired) electrons. The molecule has 2 spiro atoms. The lowest BCUT2D eigenvalue weighted by Gasteiger charge is -2.56. The summed E-state index contributed by atoms with van der Waals surface area (Å²) in [5.74, 6) is 4.40. The van der Waals surface area contributed by atoms with Crippen molar-refractivity contribution in [2.45, 2.75) is 63.9 Å². The quantitative estimate of drug-likeness (QED) is 0.711. The third-order valence-corrected chi connectivity index (χ3v) is 9.40. The van der Waals surface area contributed by atoms with Gasteiger partial charge in [0.1, 0.15) is 5.75 Å². The van der Waals surface area contributed by atoms with Crippen LogP contribution in [0.2, 0.25) is 0 Å². The van der Waals surface area contributed by atoms with E-state index in [2.05, 4.69) is 32.0 Å². The number of hydrogen-bond acceptors (Lipinski definition) is 2. The Morgan fingerprint density at radius 2 is 2.12 bits per heavy atom. The highest BCUT2D eigenvalue weighted by molar-refractivity contribution is 5.44. The van der Waals surface area contributed by atoms with Gasteiger partial charge in [-0.2, -0.15) is 0 Å². The Morgan fingerprint density at radius 3 is 2.84 bits per heavy atom. The lowest BCUT2D eigenvalue weighted by Crippen LogP contribution is -2.52. The predicted molar refractivity (Wildman–Crippen MR) is 97.9 cm³/mol. The molecule has 134 valence electrons. The lowest BCUT2D eigenvalue weighted by molar-refractivity contribution is -0.0593. The molecule has 2 nitrogen and oxygen atoms in total. The highest BCUT2D eigenvalue weighted by Gasteiger charge is 2.86. The summed E-state index contributed by atoms with van der Waals surface area (Å²) in [7, 11) is 1.79. The van der Waals surface area contributed by atoms with E-state index in [1.165, 1.54) is 38.5 Å².